The summed E-state index contributed by atoms with van der Waals surface area (Å²) in [6.07, 6.45) is 1.60. The summed E-state index contributed by atoms with van der Waals surface area (Å²) in [4.78, 5) is 11.3. The molecule has 0 radical (unpaired) electrons. The van der Waals surface area contributed by atoms with Gasteiger partial charge in [-0.05, 0) is 36.6 Å². The van der Waals surface area contributed by atoms with Crippen LogP contribution in [0.25, 0.3) is 0 Å². The minimum Gasteiger partial charge on any atom is -0.467 e. The summed E-state index contributed by atoms with van der Waals surface area (Å²) in [5.41, 5.74) is 2.13. The normalized spacial score (nSPS) is 18.9. The van der Waals surface area contributed by atoms with Gasteiger partial charge in [-0.15, -0.1) is 0 Å². The molecule has 1 atom stereocenters. The molecule has 0 fully saturated rings. The quantitative estimate of drug-likeness (QED) is 0.745. The standard InChI is InChI=1S/C11H12ClNO2/c1-15-11(14)10-4-2-7-6-8(12)3-5-9(7)13-10/h3,5-6,10,13H,2,4H2,1H3. The van der Waals surface area contributed by atoms with E-state index in [-0.39, 0.29) is 12.0 Å². The van der Waals surface area contributed by atoms with Gasteiger partial charge in [0.1, 0.15) is 6.04 Å². The number of hydrogen-bond donors (Lipinski definition) is 1. The Hall–Kier alpha value is -1.22. The monoisotopic (exact) mass is 225 g/mol. The van der Waals surface area contributed by atoms with E-state index in [0.717, 1.165) is 29.1 Å². The maximum absolute atomic E-state index is 11.3. The molecular formula is C11H12ClNO2. The highest BCUT2D eigenvalue weighted by Crippen LogP contribution is 2.27. The highest BCUT2D eigenvalue weighted by atomic mass is 35.5. The minimum atomic E-state index is -0.233. The number of esters is 1. The third-order valence-electron chi connectivity index (χ3n) is 2.59. The van der Waals surface area contributed by atoms with Gasteiger partial charge in [0, 0.05) is 10.7 Å². The van der Waals surface area contributed by atoms with Gasteiger partial charge in [-0.2, -0.15) is 0 Å². The molecule has 80 valence electrons. The zero-order chi connectivity index (χ0) is 10.8. The number of ether oxygens (including phenoxy) is 1. The van der Waals surface area contributed by atoms with Gasteiger partial charge in [-0.1, -0.05) is 11.6 Å². The van der Waals surface area contributed by atoms with E-state index in [1.807, 2.05) is 18.2 Å². The first kappa shape index (κ1) is 10.3. The van der Waals surface area contributed by atoms with Gasteiger partial charge < -0.3 is 10.1 Å². The second-order valence-corrected chi connectivity index (χ2v) is 4.00. The topological polar surface area (TPSA) is 38.3 Å². The van der Waals surface area contributed by atoms with Crippen LogP contribution in [0.4, 0.5) is 5.69 Å². The number of benzene rings is 1. The van der Waals surface area contributed by atoms with Crippen molar-refractivity contribution in [1.82, 2.24) is 0 Å². The second kappa shape index (κ2) is 4.11. The van der Waals surface area contributed by atoms with Crippen molar-refractivity contribution in [2.45, 2.75) is 18.9 Å². The van der Waals surface area contributed by atoms with E-state index in [4.69, 9.17) is 16.3 Å². The van der Waals surface area contributed by atoms with Crippen molar-refractivity contribution < 1.29 is 9.53 Å². The first-order chi connectivity index (χ1) is 7.20. The van der Waals surface area contributed by atoms with Crippen LogP contribution in [0.2, 0.25) is 5.02 Å². The molecule has 0 aromatic heterocycles. The van der Waals surface area contributed by atoms with Crippen LogP contribution in [0.3, 0.4) is 0 Å². The molecule has 1 aliphatic heterocycles. The summed E-state index contributed by atoms with van der Waals surface area (Å²) in [5.74, 6) is -0.212. The Labute approximate surface area is 93.4 Å². The predicted octanol–water partition coefficient (Wildman–Crippen LogP) is 2.24. The largest absolute Gasteiger partial charge is 0.467 e. The van der Waals surface area contributed by atoms with E-state index >= 15 is 0 Å². The molecule has 1 N–H and O–H groups in total. The second-order valence-electron chi connectivity index (χ2n) is 3.56. The lowest BCUT2D eigenvalue weighted by Crippen LogP contribution is -2.34. The van der Waals surface area contributed by atoms with Crippen molar-refractivity contribution in [3.8, 4) is 0 Å². The number of carbonyl (C=O) groups excluding carboxylic acids is 1. The first-order valence-corrected chi connectivity index (χ1v) is 5.21. The van der Waals surface area contributed by atoms with Crippen molar-refractivity contribution in [3.63, 3.8) is 0 Å². The van der Waals surface area contributed by atoms with Gasteiger partial charge in [0.15, 0.2) is 0 Å². The predicted molar refractivity (Wildman–Crippen MR) is 59.2 cm³/mol. The SMILES string of the molecule is COC(=O)C1CCc2cc(Cl)ccc2N1. The van der Waals surface area contributed by atoms with E-state index in [9.17, 15) is 4.79 Å². The zero-order valence-corrected chi connectivity index (χ0v) is 9.17. The van der Waals surface area contributed by atoms with E-state index in [0.29, 0.717) is 0 Å². The molecule has 3 nitrogen and oxygen atoms in total. The summed E-state index contributed by atoms with van der Waals surface area (Å²) in [5, 5.41) is 3.87. The number of rotatable bonds is 1. The van der Waals surface area contributed by atoms with Gasteiger partial charge in [0.25, 0.3) is 0 Å². The Bertz CT molecular complexity index is 392. The van der Waals surface area contributed by atoms with Crippen molar-refractivity contribution in [2.75, 3.05) is 12.4 Å². The number of fused-ring (bicyclic) bond motifs is 1. The number of halogens is 1. The number of aryl methyl sites for hydroxylation is 1. The fourth-order valence-electron chi connectivity index (χ4n) is 1.79. The number of anilines is 1. The van der Waals surface area contributed by atoms with Gasteiger partial charge in [-0.3, -0.25) is 0 Å². The molecule has 1 aliphatic rings. The molecule has 0 amide bonds. The van der Waals surface area contributed by atoms with Crippen LogP contribution in [0.1, 0.15) is 12.0 Å². The van der Waals surface area contributed by atoms with Crippen molar-refractivity contribution in [2.24, 2.45) is 0 Å². The van der Waals surface area contributed by atoms with Crippen molar-refractivity contribution in [1.29, 1.82) is 0 Å². The van der Waals surface area contributed by atoms with Crippen LogP contribution in [0, 0.1) is 0 Å². The molecule has 1 aromatic rings. The Morgan fingerprint density at radius 1 is 1.60 bits per heavy atom. The lowest BCUT2D eigenvalue weighted by Gasteiger charge is -2.25. The zero-order valence-electron chi connectivity index (χ0n) is 8.42. The lowest BCUT2D eigenvalue weighted by molar-refractivity contribution is -0.141. The van der Waals surface area contributed by atoms with Crippen LogP contribution in [0.5, 0.6) is 0 Å². The highest BCUT2D eigenvalue weighted by Gasteiger charge is 2.24. The van der Waals surface area contributed by atoms with E-state index in [1.54, 1.807) is 0 Å². The molecule has 15 heavy (non-hydrogen) atoms. The van der Waals surface area contributed by atoms with E-state index in [2.05, 4.69) is 5.32 Å². The van der Waals surface area contributed by atoms with Crippen molar-refractivity contribution in [3.05, 3.63) is 28.8 Å². The third kappa shape index (κ3) is 2.07. The number of carbonyl (C=O) groups is 1. The Morgan fingerprint density at radius 3 is 3.13 bits per heavy atom. The summed E-state index contributed by atoms with van der Waals surface area (Å²) in [6.45, 7) is 0. The van der Waals surface area contributed by atoms with Crippen LogP contribution < -0.4 is 5.32 Å². The maximum Gasteiger partial charge on any atom is 0.328 e. The molecule has 0 saturated heterocycles. The van der Waals surface area contributed by atoms with Gasteiger partial charge >= 0.3 is 5.97 Å². The van der Waals surface area contributed by atoms with Gasteiger partial charge in [-0.25, -0.2) is 4.79 Å². The van der Waals surface area contributed by atoms with Crippen LogP contribution in [0.15, 0.2) is 18.2 Å². The Kier molecular flexibility index (Phi) is 2.82. The summed E-state index contributed by atoms with van der Waals surface area (Å²) >= 11 is 5.88. The molecule has 4 heteroatoms. The van der Waals surface area contributed by atoms with Crippen LogP contribution >= 0.6 is 11.6 Å². The molecule has 1 unspecified atom stereocenters. The number of hydrogen-bond acceptors (Lipinski definition) is 3. The molecule has 1 heterocycles. The van der Waals surface area contributed by atoms with Crippen molar-refractivity contribution >= 4 is 23.3 Å². The smallest absolute Gasteiger partial charge is 0.328 e. The van der Waals surface area contributed by atoms with Crippen LogP contribution in [-0.4, -0.2) is 19.1 Å². The van der Waals surface area contributed by atoms with Crippen LogP contribution in [-0.2, 0) is 16.0 Å². The summed E-state index contributed by atoms with van der Waals surface area (Å²) < 4.78 is 4.70. The molecular weight excluding hydrogens is 214 g/mol. The molecule has 0 saturated carbocycles. The minimum absolute atomic E-state index is 0.212. The Balaban J connectivity index is 2.20. The average molecular weight is 226 g/mol. The van der Waals surface area contributed by atoms with Gasteiger partial charge in [0.05, 0.1) is 7.11 Å². The summed E-state index contributed by atoms with van der Waals surface area (Å²) in [7, 11) is 1.40. The average Bonchev–Trinajstić information content (AvgIpc) is 2.27. The van der Waals surface area contributed by atoms with Gasteiger partial charge in [0.2, 0.25) is 0 Å². The first-order valence-electron chi connectivity index (χ1n) is 4.83. The highest BCUT2D eigenvalue weighted by molar-refractivity contribution is 6.30. The molecule has 0 aliphatic carbocycles. The molecule has 1 aromatic carbocycles. The fraction of sp³-hybridized carbons (Fsp3) is 0.364. The Morgan fingerprint density at radius 2 is 2.40 bits per heavy atom. The van der Waals surface area contributed by atoms with E-state index < -0.39 is 0 Å². The van der Waals surface area contributed by atoms with E-state index in [1.165, 1.54) is 7.11 Å². The molecule has 0 bridgehead atoms. The third-order valence-corrected chi connectivity index (χ3v) is 2.82. The lowest BCUT2D eigenvalue weighted by atomic mass is 9.98. The molecule has 2 rings (SSSR count). The molecule has 0 spiro atoms. The summed E-state index contributed by atoms with van der Waals surface area (Å²) in [6, 6.07) is 5.40. The number of methoxy groups -OCH3 is 1. The fourth-order valence-corrected chi connectivity index (χ4v) is 1.98. The maximum atomic E-state index is 11.3. The number of nitrogens with one attached hydrogen (secondary N) is 1.